The predicted molar refractivity (Wildman–Crippen MR) is 118 cm³/mol. The normalized spacial score (nSPS) is 18.9. The summed E-state index contributed by atoms with van der Waals surface area (Å²) in [5.74, 6) is -0.259. The standard InChI is InChI=1S/C21H21BrN4O6/c1-10-13(22)5-4-12-17(10)26(11-2-3-11)20(28)16-18(12)32-15(24-16)8-23-19(27)14-9-25(21(29)30)6-7-31-14/h4-5,11,14H,2-3,6-9H2,1H3,(H,23,27)(H,29,30)/t14-/m0/s1. The van der Waals surface area contributed by atoms with Gasteiger partial charge in [0.2, 0.25) is 5.89 Å². The van der Waals surface area contributed by atoms with Crippen LogP contribution in [0.3, 0.4) is 0 Å². The summed E-state index contributed by atoms with van der Waals surface area (Å²) in [6.07, 6.45) is -0.104. The second-order valence-corrected chi connectivity index (χ2v) is 8.92. The molecule has 32 heavy (non-hydrogen) atoms. The van der Waals surface area contributed by atoms with E-state index in [2.05, 4.69) is 26.2 Å². The van der Waals surface area contributed by atoms with Crippen LogP contribution in [0.4, 0.5) is 4.79 Å². The number of aryl methyl sites for hydroxylation is 1. The van der Waals surface area contributed by atoms with Crippen molar-refractivity contribution in [3.63, 3.8) is 0 Å². The van der Waals surface area contributed by atoms with E-state index >= 15 is 0 Å². The summed E-state index contributed by atoms with van der Waals surface area (Å²) >= 11 is 3.54. The Labute approximate surface area is 190 Å². The molecule has 2 aliphatic rings. The maximum absolute atomic E-state index is 13.2. The number of amides is 2. The van der Waals surface area contributed by atoms with Crippen LogP contribution < -0.4 is 10.9 Å². The molecule has 168 valence electrons. The third kappa shape index (κ3) is 3.55. The van der Waals surface area contributed by atoms with Crippen LogP contribution in [-0.2, 0) is 16.1 Å². The second-order valence-electron chi connectivity index (χ2n) is 8.07. The maximum Gasteiger partial charge on any atom is 0.407 e. The molecule has 0 spiro atoms. The largest absolute Gasteiger partial charge is 0.465 e. The average molecular weight is 505 g/mol. The number of carbonyl (C=O) groups is 2. The van der Waals surface area contributed by atoms with Crippen LogP contribution in [0.25, 0.3) is 22.0 Å². The highest BCUT2D eigenvalue weighted by Gasteiger charge is 2.31. The van der Waals surface area contributed by atoms with Gasteiger partial charge in [0.05, 0.1) is 25.2 Å². The van der Waals surface area contributed by atoms with Gasteiger partial charge in [0.25, 0.3) is 11.5 Å². The van der Waals surface area contributed by atoms with Crippen LogP contribution in [0.5, 0.6) is 0 Å². The number of morpholine rings is 1. The van der Waals surface area contributed by atoms with Crippen molar-refractivity contribution in [2.24, 2.45) is 0 Å². The van der Waals surface area contributed by atoms with Crippen LogP contribution in [0.15, 0.2) is 25.8 Å². The summed E-state index contributed by atoms with van der Waals surface area (Å²) in [5.41, 5.74) is 2.21. The molecule has 0 bridgehead atoms. The van der Waals surface area contributed by atoms with Crippen LogP contribution in [0.2, 0.25) is 0 Å². The molecule has 1 atom stereocenters. The van der Waals surface area contributed by atoms with Gasteiger partial charge < -0.3 is 29.0 Å². The van der Waals surface area contributed by atoms with E-state index < -0.39 is 18.1 Å². The summed E-state index contributed by atoms with van der Waals surface area (Å²) in [7, 11) is 0. The third-order valence-electron chi connectivity index (χ3n) is 5.90. The third-order valence-corrected chi connectivity index (χ3v) is 6.76. The van der Waals surface area contributed by atoms with Gasteiger partial charge in [-0.1, -0.05) is 15.9 Å². The van der Waals surface area contributed by atoms with E-state index in [4.69, 9.17) is 14.3 Å². The molecule has 2 amide bonds. The molecule has 2 fully saturated rings. The molecular weight excluding hydrogens is 484 g/mol. The quantitative estimate of drug-likeness (QED) is 0.558. The molecule has 3 aromatic rings. The molecular formula is C21H21BrN4O6. The fraction of sp³-hybridized carbons (Fsp3) is 0.429. The number of oxazole rings is 1. The van der Waals surface area contributed by atoms with Gasteiger partial charge in [0.1, 0.15) is 0 Å². The zero-order valence-electron chi connectivity index (χ0n) is 17.3. The number of aromatic nitrogens is 2. The lowest BCUT2D eigenvalue weighted by Crippen LogP contribution is -2.51. The monoisotopic (exact) mass is 504 g/mol. The van der Waals surface area contributed by atoms with Crippen molar-refractivity contribution in [3.8, 4) is 0 Å². The highest BCUT2D eigenvalue weighted by molar-refractivity contribution is 9.10. The Bertz CT molecular complexity index is 1310. The van der Waals surface area contributed by atoms with Crippen molar-refractivity contribution in [1.82, 2.24) is 19.8 Å². The van der Waals surface area contributed by atoms with Gasteiger partial charge in [0.15, 0.2) is 17.2 Å². The molecule has 2 N–H and O–H groups in total. The lowest BCUT2D eigenvalue weighted by molar-refractivity contribution is -0.137. The minimum atomic E-state index is -1.09. The van der Waals surface area contributed by atoms with Crippen LogP contribution in [-0.4, -0.2) is 57.4 Å². The number of nitrogens with one attached hydrogen (secondary N) is 1. The van der Waals surface area contributed by atoms with Gasteiger partial charge in [-0.05, 0) is 37.5 Å². The molecule has 1 aliphatic heterocycles. The van der Waals surface area contributed by atoms with E-state index in [0.29, 0.717) is 5.58 Å². The van der Waals surface area contributed by atoms with Gasteiger partial charge in [-0.2, -0.15) is 0 Å². The number of halogens is 1. The summed E-state index contributed by atoms with van der Waals surface area (Å²) in [6, 6.07) is 3.97. The molecule has 11 heteroatoms. The van der Waals surface area contributed by atoms with E-state index in [0.717, 1.165) is 38.7 Å². The van der Waals surface area contributed by atoms with Gasteiger partial charge in [0, 0.05) is 22.4 Å². The van der Waals surface area contributed by atoms with Crippen LogP contribution in [0.1, 0.15) is 30.3 Å². The molecule has 1 saturated carbocycles. The van der Waals surface area contributed by atoms with Crippen molar-refractivity contribution in [3.05, 3.63) is 38.4 Å². The van der Waals surface area contributed by atoms with Gasteiger partial charge in [-0.15, -0.1) is 0 Å². The van der Waals surface area contributed by atoms with E-state index in [1.807, 2.05) is 19.1 Å². The summed E-state index contributed by atoms with van der Waals surface area (Å²) in [5, 5.41) is 12.6. The fourth-order valence-electron chi connectivity index (χ4n) is 4.09. The van der Waals surface area contributed by atoms with E-state index in [9.17, 15) is 14.4 Å². The number of pyridine rings is 1. The molecule has 1 aliphatic carbocycles. The molecule has 10 nitrogen and oxygen atoms in total. The number of carbonyl (C=O) groups excluding carboxylic acids is 1. The number of benzene rings is 1. The molecule has 0 unspecified atom stereocenters. The van der Waals surface area contributed by atoms with Crippen molar-refractivity contribution in [1.29, 1.82) is 0 Å². The Balaban J connectivity index is 1.45. The zero-order valence-corrected chi connectivity index (χ0v) is 18.8. The van der Waals surface area contributed by atoms with E-state index in [1.165, 1.54) is 0 Å². The first kappa shape index (κ1) is 21.0. The highest BCUT2D eigenvalue weighted by Crippen LogP contribution is 2.39. The Morgan fingerprint density at radius 1 is 1.34 bits per heavy atom. The van der Waals surface area contributed by atoms with Crippen molar-refractivity contribution >= 4 is 49.9 Å². The topological polar surface area (TPSA) is 127 Å². The van der Waals surface area contributed by atoms with Gasteiger partial charge in [-0.25, -0.2) is 9.78 Å². The smallest absolute Gasteiger partial charge is 0.407 e. The second kappa shape index (κ2) is 7.89. The summed E-state index contributed by atoms with van der Waals surface area (Å²) < 4.78 is 14.0. The van der Waals surface area contributed by atoms with Crippen molar-refractivity contribution in [2.75, 3.05) is 19.7 Å². The van der Waals surface area contributed by atoms with E-state index in [-0.39, 0.29) is 49.2 Å². The number of hydrogen-bond acceptors (Lipinski definition) is 6. The first-order chi connectivity index (χ1) is 15.3. The predicted octanol–water partition coefficient (Wildman–Crippen LogP) is 2.54. The first-order valence-electron chi connectivity index (χ1n) is 10.3. The maximum atomic E-state index is 13.2. The van der Waals surface area contributed by atoms with Crippen molar-refractivity contribution < 1.29 is 23.8 Å². The number of fused-ring (bicyclic) bond motifs is 3. The molecule has 1 saturated heterocycles. The number of rotatable bonds is 4. The molecule has 0 radical (unpaired) electrons. The highest BCUT2D eigenvalue weighted by atomic mass is 79.9. The number of ether oxygens (including phenoxy) is 1. The van der Waals surface area contributed by atoms with Crippen LogP contribution in [0, 0.1) is 6.92 Å². The van der Waals surface area contributed by atoms with Gasteiger partial charge >= 0.3 is 6.09 Å². The minimum Gasteiger partial charge on any atom is -0.465 e. The Kier molecular flexibility index (Phi) is 5.17. The number of carboxylic acid groups (broad SMARTS) is 1. The molecule has 2 aromatic heterocycles. The molecule has 3 heterocycles. The van der Waals surface area contributed by atoms with E-state index in [1.54, 1.807) is 4.57 Å². The van der Waals surface area contributed by atoms with Gasteiger partial charge in [-0.3, -0.25) is 9.59 Å². The van der Waals surface area contributed by atoms with Crippen LogP contribution >= 0.6 is 15.9 Å². The van der Waals surface area contributed by atoms with Crippen molar-refractivity contribution in [2.45, 2.75) is 38.5 Å². The molecule has 5 rings (SSSR count). The lowest BCUT2D eigenvalue weighted by atomic mass is 10.1. The number of nitrogens with zero attached hydrogens (tertiary/aromatic N) is 3. The zero-order chi connectivity index (χ0) is 22.6. The average Bonchev–Trinajstić information content (AvgIpc) is 3.52. The Morgan fingerprint density at radius 2 is 2.12 bits per heavy atom. The lowest BCUT2D eigenvalue weighted by Gasteiger charge is -2.29. The molecule has 1 aromatic carbocycles. The minimum absolute atomic E-state index is 0.0414. The fourth-order valence-corrected chi connectivity index (χ4v) is 4.41. The first-order valence-corrected chi connectivity index (χ1v) is 11.1. The Morgan fingerprint density at radius 3 is 2.84 bits per heavy atom. The Hall–Kier alpha value is -2.92. The summed E-state index contributed by atoms with van der Waals surface area (Å²) in [6.45, 7) is 2.24. The summed E-state index contributed by atoms with van der Waals surface area (Å²) in [4.78, 5) is 42.4. The number of hydrogen-bond donors (Lipinski definition) is 2. The SMILES string of the molecule is Cc1c(Br)ccc2c3oc(CNC(=O)[C@@H]4CN(C(=O)O)CCO4)nc3c(=O)n(C3CC3)c12.